The summed E-state index contributed by atoms with van der Waals surface area (Å²) in [6.45, 7) is 7.10. The summed E-state index contributed by atoms with van der Waals surface area (Å²) in [7, 11) is 0. The molecule has 1 aromatic heterocycles. The number of amides is 2. The SMILES string of the molecule is Cc1c(Cc2ccccc2)c(=O)oc2c(C)c(OCC(=O)NC(Cc3ccc(Cl)cc3)C(=O)NC(C)C)ccc12. The van der Waals surface area contributed by atoms with Gasteiger partial charge >= 0.3 is 5.63 Å². The van der Waals surface area contributed by atoms with Crippen molar-refractivity contribution in [1.29, 1.82) is 0 Å². The molecule has 0 bridgehead atoms. The number of hydrogen-bond acceptors (Lipinski definition) is 5. The highest BCUT2D eigenvalue weighted by Gasteiger charge is 2.23. The van der Waals surface area contributed by atoms with Gasteiger partial charge in [0.25, 0.3) is 5.91 Å². The number of ether oxygens (including phenoxy) is 1. The molecule has 7 nitrogen and oxygen atoms in total. The van der Waals surface area contributed by atoms with Crippen LogP contribution in [0.2, 0.25) is 5.02 Å². The van der Waals surface area contributed by atoms with Crippen LogP contribution in [0.15, 0.2) is 75.9 Å². The Morgan fingerprint density at radius 2 is 1.60 bits per heavy atom. The second-order valence-electron chi connectivity index (χ2n) is 10.1. The number of hydrogen-bond donors (Lipinski definition) is 2. The van der Waals surface area contributed by atoms with Crippen LogP contribution >= 0.6 is 11.6 Å². The van der Waals surface area contributed by atoms with Crippen molar-refractivity contribution in [3.63, 3.8) is 0 Å². The van der Waals surface area contributed by atoms with E-state index in [1.54, 1.807) is 25.1 Å². The van der Waals surface area contributed by atoms with E-state index in [0.29, 0.717) is 40.3 Å². The Hall–Kier alpha value is -4.10. The van der Waals surface area contributed by atoms with Crippen LogP contribution in [-0.4, -0.2) is 30.5 Å². The molecule has 0 aliphatic heterocycles. The lowest BCUT2D eigenvalue weighted by Gasteiger charge is -2.20. The fraction of sp³-hybridized carbons (Fsp3) is 0.281. The van der Waals surface area contributed by atoms with Crippen molar-refractivity contribution in [1.82, 2.24) is 10.6 Å². The molecule has 0 aliphatic rings. The molecule has 4 aromatic rings. The number of carbonyl (C=O) groups excluding carboxylic acids is 2. The Labute approximate surface area is 238 Å². The first kappa shape index (κ1) is 28.9. The van der Waals surface area contributed by atoms with Crippen LogP contribution in [-0.2, 0) is 22.4 Å². The summed E-state index contributed by atoms with van der Waals surface area (Å²) < 4.78 is 11.6. The first-order chi connectivity index (χ1) is 19.1. The summed E-state index contributed by atoms with van der Waals surface area (Å²) in [5.41, 5.74) is 3.99. The van der Waals surface area contributed by atoms with Crippen molar-refractivity contribution in [2.45, 2.75) is 52.6 Å². The normalized spacial score (nSPS) is 11.8. The molecular formula is C32H33ClN2O5. The van der Waals surface area contributed by atoms with Crippen molar-refractivity contribution in [2.75, 3.05) is 6.61 Å². The van der Waals surface area contributed by atoms with Gasteiger partial charge in [-0.2, -0.15) is 0 Å². The van der Waals surface area contributed by atoms with Crippen molar-refractivity contribution < 1.29 is 18.7 Å². The zero-order chi connectivity index (χ0) is 28.8. The van der Waals surface area contributed by atoms with Gasteiger partial charge in [-0.15, -0.1) is 0 Å². The molecule has 2 N–H and O–H groups in total. The Morgan fingerprint density at radius 3 is 2.27 bits per heavy atom. The summed E-state index contributed by atoms with van der Waals surface area (Å²) in [6.07, 6.45) is 0.774. The van der Waals surface area contributed by atoms with Crippen LogP contribution in [0.3, 0.4) is 0 Å². The third kappa shape index (κ3) is 7.10. The van der Waals surface area contributed by atoms with Gasteiger partial charge in [0.1, 0.15) is 17.4 Å². The molecule has 0 saturated carbocycles. The zero-order valence-corrected chi connectivity index (χ0v) is 23.8. The Balaban J connectivity index is 1.49. The first-order valence-corrected chi connectivity index (χ1v) is 13.6. The van der Waals surface area contributed by atoms with E-state index in [9.17, 15) is 14.4 Å². The van der Waals surface area contributed by atoms with Crippen LogP contribution in [0.25, 0.3) is 11.0 Å². The van der Waals surface area contributed by atoms with E-state index in [4.69, 9.17) is 20.8 Å². The van der Waals surface area contributed by atoms with E-state index >= 15 is 0 Å². The molecule has 0 fully saturated rings. The topological polar surface area (TPSA) is 97.6 Å². The highest BCUT2D eigenvalue weighted by molar-refractivity contribution is 6.30. The Morgan fingerprint density at radius 1 is 0.900 bits per heavy atom. The number of carbonyl (C=O) groups is 2. The number of halogens is 1. The maximum atomic E-state index is 12.9. The zero-order valence-electron chi connectivity index (χ0n) is 23.0. The number of rotatable bonds is 10. The number of fused-ring (bicyclic) bond motifs is 1. The molecule has 3 aromatic carbocycles. The summed E-state index contributed by atoms with van der Waals surface area (Å²) in [4.78, 5) is 38.6. The Bertz CT molecular complexity index is 1560. The first-order valence-electron chi connectivity index (χ1n) is 13.2. The van der Waals surface area contributed by atoms with Gasteiger partial charge in [-0.05, 0) is 68.7 Å². The second-order valence-corrected chi connectivity index (χ2v) is 10.6. The van der Waals surface area contributed by atoms with Crippen molar-refractivity contribution in [3.8, 4) is 5.75 Å². The van der Waals surface area contributed by atoms with E-state index in [2.05, 4.69) is 10.6 Å². The summed E-state index contributed by atoms with van der Waals surface area (Å²) in [5.74, 6) is -0.321. The standard InChI is InChI=1S/C32H33ClN2O5/c1-19(2)34-31(37)27(17-23-10-12-24(33)13-11-23)35-29(36)18-39-28-15-14-25-20(3)26(16-22-8-6-5-7-9-22)32(38)40-30(25)21(28)4/h5-15,19,27H,16-18H2,1-4H3,(H,34,37)(H,35,36). The van der Waals surface area contributed by atoms with Crippen LogP contribution in [0.1, 0.15) is 41.7 Å². The third-order valence-corrected chi connectivity index (χ3v) is 6.92. The van der Waals surface area contributed by atoms with Crippen molar-refractivity contribution in [2.24, 2.45) is 0 Å². The maximum absolute atomic E-state index is 12.9. The molecule has 4 rings (SSSR count). The molecule has 0 radical (unpaired) electrons. The van der Waals surface area contributed by atoms with Gasteiger partial charge in [0.05, 0.1) is 0 Å². The molecule has 0 aliphatic carbocycles. The minimum atomic E-state index is -0.791. The summed E-state index contributed by atoms with van der Waals surface area (Å²) >= 11 is 5.98. The van der Waals surface area contributed by atoms with Crippen LogP contribution in [0.5, 0.6) is 5.75 Å². The van der Waals surface area contributed by atoms with E-state index in [-0.39, 0.29) is 18.6 Å². The molecule has 0 saturated heterocycles. The highest BCUT2D eigenvalue weighted by atomic mass is 35.5. The van der Waals surface area contributed by atoms with Crippen LogP contribution in [0.4, 0.5) is 0 Å². The predicted octanol–water partition coefficient (Wildman–Crippen LogP) is 5.28. The molecule has 0 spiro atoms. The van der Waals surface area contributed by atoms with Gasteiger partial charge in [-0.25, -0.2) is 4.79 Å². The van der Waals surface area contributed by atoms with Crippen LogP contribution in [0, 0.1) is 13.8 Å². The van der Waals surface area contributed by atoms with E-state index < -0.39 is 17.6 Å². The van der Waals surface area contributed by atoms with Crippen molar-refractivity contribution in [3.05, 3.63) is 110 Å². The monoisotopic (exact) mass is 560 g/mol. The van der Waals surface area contributed by atoms with Gasteiger partial charge in [-0.1, -0.05) is 54.1 Å². The maximum Gasteiger partial charge on any atom is 0.340 e. The quantitative estimate of drug-likeness (QED) is 0.257. The molecule has 8 heteroatoms. The average Bonchev–Trinajstić information content (AvgIpc) is 2.92. The molecule has 40 heavy (non-hydrogen) atoms. The lowest BCUT2D eigenvalue weighted by molar-refractivity contribution is -0.130. The van der Waals surface area contributed by atoms with E-state index in [1.807, 2.05) is 69.3 Å². The minimum Gasteiger partial charge on any atom is -0.483 e. The molecule has 1 unspecified atom stereocenters. The number of nitrogens with one attached hydrogen (secondary N) is 2. The number of aryl methyl sites for hydroxylation is 2. The van der Waals surface area contributed by atoms with Gasteiger partial charge in [0.15, 0.2) is 6.61 Å². The fourth-order valence-corrected chi connectivity index (χ4v) is 4.69. The van der Waals surface area contributed by atoms with E-state index in [0.717, 1.165) is 22.1 Å². The smallest absolute Gasteiger partial charge is 0.340 e. The summed E-state index contributed by atoms with van der Waals surface area (Å²) in [5, 5.41) is 7.03. The van der Waals surface area contributed by atoms with Gasteiger partial charge in [-0.3, -0.25) is 9.59 Å². The Kier molecular flexibility index (Phi) is 9.27. The van der Waals surface area contributed by atoms with Gasteiger partial charge in [0, 0.05) is 40.4 Å². The molecular weight excluding hydrogens is 528 g/mol. The molecule has 208 valence electrons. The fourth-order valence-electron chi connectivity index (χ4n) is 4.56. The highest BCUT2D eigenvalue weighted by Crippen LogP contribution is 2.30. The predicted molar refractivity (Wildman–Crippen MR) is 157 cm³/mol. The third-order valence-electron chi connectivity index (χ3n) is 6.67. The van der Waals surface area contributed by atoms with Crippen LogP contribution < -0.4 is 21.0 Å². The van der Waals surface area contributed by atoms with Crippen molar-refractivity contribution >= 4 is 34.4 Å². The summed E-state index contributed by atoms with van der Waals surface area (Å²) in [6, 6.07) is 19.6. The molecule has 1 atom stereocenters. The van der Waals surface area contributed by atoms with Gasteiger partial charge < -0.3 is 19.8 Å². The number of benzene rings is 3. The lowest BCUT2D eigenvalue weighted by atomic mass is 9.98. The lowest BCUT2D eigenvalue weighted by Crippen LogP contribution is -2.50. The minimum absolute atomic E-state index is 0.0834. The second kappa shape index (κ2) is 12.8. The largest absolute Gasteiger partial charge is 0.483 e. The van der Waals surface area contributed by atoms with Gasteiger partial charge in [0.2, 0.25) is 5.91 Å². The molecule has 2 amide bonds. The van der Waals surface area contributed by atoms with E-state index in [1.165, 1.54) is 0 Å². The average molecular weight is 561 g/mol. The molecule has 1 heterocycles.